The van der Waals surface area contributed by atoms with Gasteiger partial charge < -0.3 is 0 Å². The van der Waals surface area contributed by atoms with Gasteiger partial charge in [-0.1, -0.05) is 25.3 Å². The lowest BCUT2D eigenvalue weighted by atomic mass is 9.89. The summed E-state index contributed by atoms with van der Waals surface area (Å²) in [6.07, 6.45) is 11.6. The van der Waals surface area contributed by atoms with Gasteiger partial charge in [0.2, 0.25) is 0 Å². The minimum absolute atomic E-state index is 0.932. The van der Waals surface area contributed by atoms with Crippen LogP contribution in [0.5, 0.6) is 0 Å². The molecule has 0 spiro atoms. The second-order valence-corrected chi connectivity index (χ2v) is 4.08. The van der Waals surface area contributed by atoms with Gasteiger partial charge >= 0.3 is 0 Å². The number of rotatable bonds is 2. The van der Waals surface area contributed by atoms with Crippen molar-refractivity contribution in [3.8, 4) is 0 Å². The quantitative estimate of drug-likeness (QED) is 0.610. The number of nitrogens with zero attached hydrogens (tertiary/aromatic N) is 1. The molecule has 0 aliphatic heterocycles. The molecule has 0 bridgehead atoms. The molecular formula is C12H18N+. The minimum Gasteiger partial charge on any atom is -0.205 e. The van der Waals surface area contributed by atoms with E-state index >= 15 is 0 Å². The van der Waals surface area contributed by atoms with E-state index in [2.05, 4.69) is 35.2 Å². The van der Waals surface area contributed by atoms with E-state index in [-0.39, 0.29) is 0 Å². The van der Waals surface area contributed by atoms with Gasteiger partial charge in [0.25, 0.3) is 0 Å². The summed E-state index contributed by atoms with van der Waals surface area (Å²) in [5.74, 6) is 0.932. The van der Waals surface area contributed by atoms with Crippen molar-refractivity contribution in [2.24, 2.45) is 5.92 Å². The predicted octanol–water partition coefficient (Wildman–Crippen LogP) is 2.55. The van der Waals surface area contributed by atoms with Gasteiger partial charge in [-0.05, 0) is 12.8 Å². The first-order valence-electron chi connectivity index (χ1n) is 5.39. The van der Waals surface area contributed by atoms with Crippen molar-refractivity contribution in [1.29, 1.82) is 0 Å². The first kappa shape index (κ1) is 8.74. The Morgan fingerprint density at radius 3 is 2.31 bits per heavy atom. The fourth-order valence-corrected chi connectivity index (χ4v) is 2.22. The largest absolute Gasteiger partial charge is 0.205 e. The van der Waals surface area contributed by atoms with Crippen LogP contribution in [0.1, 0.15) is 32.1 Å². The Bertz CT molecular complexity index is 237. The first-order valence-corrected chi connectivity index (χ1v) is 5.39. The predicted molar refractivity (Wildman–Crippen MR) is 53.2 cm³/mol. The maximum atomic E-state index is 2.32. The molecule has 1 aromatic heterocycles. The SMILES string of the molecule is c1cc[n+](CC2CCCCC2)cc1. The highest BCUT2D eigenvalue weighted by molar-refractivity contribution is 4.83. The average Bonchev–Trinajstić information content (AvgIpc) is 2.21. The Kier molecular flexibility index (Phi) is 2.96. The van der Waals surface area contributed by atoms with Crippen molar-refractivity contribution in [2.75, 3.05) is 0 Å². The van der Waals surface area contributed by atoms with E-state index in [9.17, 15) is 0 Å². The van der Waals surface area contributed by atoms with E-state index < -0.39 is 0 Å². The molecule has 0 amide bonds. The van der Waals surface area contributed by atoms with E-state index in [1.54, 1.807) is 0 Å². The third-order valence-corrected chi connectivity index (χ3v) is 2.97. The first-order chi connectivity index (χ1) is 6.45. The van der Waals surface area contributed by atoms with Crippen molar-refractivity contribution in [2.45, 2.75) is 38.6 Å². The molecule has 2 rings (SSSR count). The van der Waals surface area contributed by atoms with Crippen molar-refractivity contribution in [1.82, 2.24) is 0 Å². The van der Waals surface area contributed by atoms with Gasteiger partial charge in [-0.2, -0.15) is 0 Å². The Morgan fingerprint density at radius 2 is 1.62 bits per heavy atom. The fourth-order valence-electron chi connectivity index (χ4n) is 2.22. The van der Waals surface area contributed by atoms with Gasteiger partial charge in [0, 0.05) is 18.1 Å². The van der Waals surface area contributed by atoms with Gasteiger partial charge in [-0.15, -0.1) is 0 Å². The zero-order chi connectivity index (χ0) is 8.93. The van der Waals surface area contributed by atoms with Crippen LogP contribution in [0.25, 0.3) is 0 Å². The van der Waals surface area contributed by atoms with Gasteiger partial charge in [-0.25, -0.2) is 4.57 Å². The average molecular weight is 176 g/mol. The summed E-state index contributed by atoms with van der Waals surface area (Å²) in [7, 11) is 0. The Balaban J connectivity index is 1.90. The maximum Gasteiger partial charge on any atom is 0.168 e. The Labute approximate surface area is 80.4 Å². The second kappa shape index (κ2) is 4.40. The summed E-state index contributed by atoms with van der Waals surface area (Å²) in [6, 6.07) is 6.31. The molecule has 1 aliphatic rings. The van der Waals surface area contributed by atoms with Crippen LogP contribution in [0.2, 0.25) is 0 Å². The van der Waals surface area contributed by atoms with Crippen LogP contribution >= 0.6 is 0 Å². The molecule has 0 radical (unpaired) electrons. The molecule has 0 aromatic carbocycles. The van der Waals surface area contributed by atoms with Crippen molar-refractivity contribution in [3.05, 3.63) is 30.6 Å². The maximum absolute atomic E-state index is 2.32. The summed E-state index contributed by atoms with van der Waals surface area (Å²) < 4.78 is 2.32. The van der Waals surface area contributed by atoms with Crippen molar-refractivity contribution >= 4 is 0 Å². The van der Waals surface area contributed by atoms with Crippen LogP contribution in [0.4, 0.5) is 0 Å². The van der Waals surface area contributed by atoms with Gasteiger partial charge in [-0.3, -0.25) is 0 Å². The van der Waals surface area contributed by atoms with Gasteiger partial charge in [0.05, 0.1) is 0 Å². The third kappa shape index (κ3) is 2.55. The summed E-state index contributed by atoms with van der Waals surface area (Å²) in [4.78, 5) is 0. The Hall–Kier alpha value is -0.850. The van der Waals surface area contributed by atoms with E-state index in [0.29, 0.717) is 0 Å². The van der Waals surface area contributed by atoms with Crippen LogP contribution in [0.15, 0.2) is 30.6 Å². The van der Waals surface area contributed by atoms with Crippen molar-refractivity contribution < 1.29 is 4.57 Å². The number of hydrogen-bond acceptors (Lipinski definition) is 0. The summed E-state index contributed by atoms with van der Waals surface area (Å²) in [6.45, 7) is 1.22. The lowest BCUT2D eigenvalue weighted by molar-refractivity contribution is -0.703. The number of hydrogen-bond donors (Lipinski definition) is 0. The second-order valence-electron chi connectivity index (χ2n) is 4.08. The van der Waals surface area contributed by atoms with Crippen LogP contribution in [-0.2, 0) is 6.54 Å². The molecule has 0 N–H and O–H groups in total. The van der Waals surface area contributed by atoms with Crippen molar-refractivity contribution in [3.63, 3.8) is 0 Å². The van der Waals surface area contributed by atoms with E-state index in [1.165, 1.54) is 38.6 Å². The molecule has 1 heterocycles. The van der Waals surface area contributed by atoms with Crippen LogP contribution < -0.4 is 4.57 Å². The summed E-state index contributed by atoms with van der Waals surface area (Å²) in [5, 5.41) is 0. The van der Waals surface area contributed by atoms with E-state index in [0.717, 1.165) is 5.92 Å². The van der Waals surface area contributed by atoms with Crippen LogP contribution in [-0.4, -0.2) is 0 Å². The normalized spacial score (nSPS) is 18.8. The molecule has 1 heteroatoms. The van der Waals surface area contributed by atoms with E-state index in [4.69, 9.17) is 0 Å². The standard InChI is InChI=1S/C12H18N/c1-3-7-12(8-4-1)11-13-9-5-2-6-10-13/h2,5-6,9-10,12H,1,3-4,7-8,11H2/q+1. The minimum atomic E-state index is 0.932. The topological polar surface area (TPSA) is 3.88 Å². The number of pyridine rings is 1. The Morgan fingerprint density at radius 1 is 0.923 bits per heavy atom. The molecule has 0 unspecified atom stereocenters. The number of aromatic nitrogens is 1. The highest BCUT2D eigenvalue weighted by Gasteiger charge is 2.16. The zero-order valence-corrected chi connectivity index (χ0v) is 8.15. The molecule has 1 nitrogen and oxygen atoms in total. The summed E-state index contributed by atoms with van der Waals surface area (Å²) >= 11 is 0. The van der Waals surface area contributed by atoms with Crippen LogP contribution in [0, 0.1) is 5.92 Å². The summed E-state index contributed by atoms with van der Waals surface area (Å²) in [5.41, 5.74) is 0. The molecule has 1 aliphatic carbocycles. The molecule has 0 saturated heterocycles. The monoisotopic (exact) mass is 176 g/mol. The van der Waals surface area contributed by atoms with E-state index in [1.807, 2.05) is 0 Å². The molecule has 1 aromatic rings. The third-order valence-electron chi connectivity index (χ3n) is 2.97. The molecule has 0 atom stereocenters. The lowest BCUT2D eigenvalue weighted by Gasteiger charge is -2.18. The molecule has 1 fully saturated rings. The van der Waals surface area contributed by atoms with Crippen LogP contribution in [0.3, 0.4) is 0 Å². The zero-order valence-electron chi connectivity index (χ0n) is 8.15. The lowest BCUT2D eigenvalue weighted by Crippen LogP contribution is -2.37. The highest BCUT2D eigenvalue weighted by Crippen LogP contribution is 2.23. The molecular weight excluding hydrogens is 158 g/mol. The van der Waals surface area contributed by atoms with Gasteiger partial charge in [0.1, 0.15) is 0 Å². The molecule has 13 heavy (non-hydrogen) atoms. The molecule has 1 saturated carbocycles. The fraction of sp³-hybridized carbons (Fsp3) is 0.583. The molecule has 70 valence electrons. The highest BCUT2D eigenvalue weighted by atomic mass is 14.9. The smallest absolute Gasteiger partial charge is 0.168 e. The van der Waals surface area contributed by atoms with Gasteiger partial charge in [0.15, 0.2) is 18.9 Å².